The molecule has 21 heavy (non-hydrogen) atoms. The summed E-state index contributed by atoms with van der Waals surface area (Å²) in [6.45, 7) is 3.68. The van der Waals surface area contributed by atoms with Gasteiger partial charge in [-0.1, -0.05) is 30.3 Å². The highest BCUT2D eigenvalue weighted by Gasteiger charge is 2.39. The Morgan fingerprint density at radius 2 is 1.86 bits per heavy atom. The number of nitrogens with zero attached hydrogens (tertiary/aromatic N) is 2. The smallest absolute Gasteiger partial charge is 0.201 e. The lowest BCUT2D eigenvalue weighted by Gasteiger charge is -2.46. The third-order valence-corrected chi connectivity index (χ3v) is 7.09. The Hall–Kier alpha value is -1.73. The maximum atomic E-state index is 13.5. The second-order valence-corrected chi connectivity index (χ2v) is 8.63. The van der Waals surface area contributed by atoms with Gasteiger partial charge in [0, 0.05) is 18.9 Å². The van der Waals surface area contributed by atoms with Crippen molar-refractivity contribution in [3.05, 3.63) is 54.1 Å². The van der Waals surface area contributed by atoms with Crippen molar-refractivity contribution in [3.8, 4) is 0 Å². The molecular formula is C17H19N2OP. The topological polar surface area (TPSA) is 23.6 Å². The summed E-state index contributed by atoms with van der Waals surface area (Å²) in [6.07, 6.45) is 2.28. The van der Waals surface area contributed by atoms with Crippen LogP contribution in [0.15, 0.2) is 48.5 Å². The molecule has 0 fully saturated rings. The molecule has 0 spiro atoms. The third kappa shape index (κ3) is 1.91. The zero-order chi connectivity index (χ0) is 14.4. The first kappa shape index (κ1) is 13.0. The van der Waals surface area contributed by atoms with E-state index in [1.807, 2.05) is 30.9 Å². The van der Waals surface area contributed by atoms with Gasteiger partial charge < -0.3 is 9.57 Å². The molecule has 3 nitrogen and oxygen atoms in total. The van der Waals surface area contributed by atoms with Crippen molar-refractivity contribution in [2.75, 3.05) is 29.4 Å². The van der Waals surface area contributed by atoms with Crippen LogP contribution in [0.25, 0.3) is 0 Å². The van der Waals surface area contributed by atoms with Gasteiger partial charge >= 0.3 is 0 Å². The predicted octanol–water partition coefficient (Wildman–Crippen LogP) is 3.45. The monoisotopic (exact) mass is 298 g/mol. The van der Waals surface area contributed by atoms with E-state index in [0.717, 1.165) is 30.6 Å². The van der Waals surface area contributed by atoms with Gasteiger partial charge in [-0.15, -0.1) is 0 Å². The van der Waals surface area contributed by atoms with Gasteiger partial charge in [0.1, 0.15) is 0 Å². The third-order valence-electron chi connectivity index (χ3n) is 4.56. The molecule has 2 aliphatic rings. The standard InChI is InChI=1S/C17H19N2OP/c1-21(20)16-11-5-7-14-8-6-12-18(17(14)16)13-19(21)15-9-3-2-4-10-15/h2-5,7,9-11H,6,8,12-13H2,1H3. The predicted molar refractivity (Wildman–Crippen MR) is 89.1 cm³/mol. The second-order valence-electron chi connectivity index (χ2n) is 5.91. The fraction of sp³-hybridized carbons (Fsp3) is 0.294. The molecule has 0 saturated heterocycles. The summed E-state index contributed by atoms with van der Waals surface area (Å²) < 4.78 is 15.6. The molecule has 4 heteroatoms. The highest BCUT2D eigenvalue weighted by Crippen LogP contribution is 2.53. The molecule has 108 valence electrons. The Bertz CT molecular complexity index is 729. The maximum Gasteiger partial charge on any atom is 0.201 e. The van der Waals surface area contributed by atoms with Gasteiger partial charge in [-0.25, -0.2) is 0 Å². The Morgan fingerprint density at radius 1 is 1.05 bits per heavy atom. The lowest BCUT2D eigenvalue weighted by molar-refractivity contribution is 0.576. The van der Waals surface area contributed by atoms with Gasteiger partial charge in [0.15, 0.2) is 0 Å². The number of hydrogen-bond donors (Lipinski definition) is 0. The van der Waals surface area contributed by atoms with Gasteiger partial charge in [0.25, 0.3) is 0 Å². The molecular weight excluding hydrogens is 279 g/mol. The van der Waals surface area contributed by atoms with Crippen LogP contribution in [0.1, 0.15) is 12.0 Å². The molecule has 2 aromatic rings. The van der Waals surface area contributed by atoms with Crippen LogP contribution in [0.2, 0.25) is 0 Å². The minimum atomic E-state index is -2.56. The van der Waals surface area contributed by atoms with Crippen LogP contribution in [-0.2, 0) is 11.0 Å². The van der Waals surface area contributed by atoms with E-state index in [-0.39, 0.29) is 0 Å². The van der Waals surface area contributed by atoms with Crippen molar-refractivity contribution >= 4 is 24.0 Å². The largest absolute Gasteiger partial charge is 0.353 e. The van der Waals surface area contributed by atoms with E-state index in [0.29, 0.717) is 0 Å². The molecule has 1 unspecified atom stereocenters. The quantitative estimate of drug-likeness (QED) is 0.753. The van der Waals surface area contributed by atoms with Gasteiger partial charge in [0.05, 0.1) is 17.7 Å². The minimum Gasteiger partial charge on any atom is -0.353 e. The SMILES string of the molecule is CP1(=O)c2cccc3c2N(CCC3)CN1c1ccccc1. The van der Waals surface area contributed by atoms with E-state index in [9.17, 15) is 4.57 Å². The second kappa shape index (κ2) is 4.64. The summed E-state index contributed by atoms with van der Waals surface area (Å²) in [5.74, 6) is 0. The zero-order valence-corrected chi connectivity index (χ0v) is 13.1. The average molecular weight is 298 g/mol. The number of anilines is 2. The Labute approximate surface area is 125 Å². The molecule has 4 rings (SSSR count). The van der Waals surface area contributed by atoms with E-state index < -0.39 is 7.29 Å². The summed E-state index contributed by atoms with van der Waals surface area (Å²) in [4.78, 5) is 2.39. The molecule has 1 atom stereocenters. The van der Waals surface area contributed by atoms with Crippen molar-refractivity contribution in [2.45, 2.75) is 12.8 Å². The van der Waals surface area contributed by atoms with Crippen molar-refractivity contribution in [2.24, 2.45) is 0 Å². The summed E-state index contributed by atoms with van der Waals surface area (Å²) in [6, 6.07) is 16.4. The van der Waals surface area contributed by atoms with E-state index in [2.05, 4.69) is 33.8 Å². The average Bonchev–Trinajstić information content (AvgIpc) is 2.52. The number of aryl methyl sites for hydroxylation is 1. The van der Waals surface area contributed by atoms with E-state index in [1.165, 1.54) is 17.7 Å². The summed E-state index contributed by atoms with van der Waals surface area (Å²) in [7, 11) is -2.56. The van der Waals surface area contributed by atoms with Crippen LogP contribution in [0.5, 0.6) is 0 Å². The van der Waals surface area contributed by atoms with Crippen molar-refractivity contribution in [1.82, 2.24) is 0 Å². The van der Waals surface area contributed by atoms with Crippen molar-refractivity contribution < 1.29 is 4.57 Å². The molecule has 0 radical (unpaired) electrons. The van der Waals surface area contributed by atoms with Gasteiger partial charge in [-0.2, -0.15) is 0 Å². The molecule has 0 amide bonds. The first-order chi connectivity index (χ1) is 10.2. The summed E-state index contributed by atoms with van der Waals surface area (Å²) >= 11 is 0. The maximum absolute atomic E-state index is 13.5. The molecule has 0 aliphatic carbocycles. The van der Waals surface area contributed by atoms with Crippen LogP contribution >= 0.6 is 7.29 Å². The summed E-state index contributed by atoms with van der Waals surface area (Å²) in [5.41, 5.74) is 3.64. The molecule has 2 heterocycles. The first-order valence-corrected chi connectivity index (χ1v) is 9.56. The number of para-hydroxylation sites is 2. The Kier molecular flexibility index (Phi) is 2.87. The molecule has 0 N–H and O–H groups in total. The van der Waals surface area contributed by atoms with Gasteiger partial charge in [-0.3, -0.25) is 4.57 Å². The number of benzene rings is 2. The fourth-order valence-electron chi connectivity index (χ4n) is 3.51. The van der Waals surface area contributed by atoms with Crippen LogP contribution in [0.4, 0.5) is 11.4 Å². The number of hydrogen-bond acceptors (Lipinski definition) is 2. The Morgan fingerprint density at radius 3 is 2.67 bits per heavy atom. The van der Waals surface area contributed by atoms with Crippen LogP contribution in [0.3, 0.4) is 0 Å². The minimum absolute atomic E-state index is 0.724. The zero-order valence-electron chi connectivity index (χ0n) is 12.2. The van der Waals surface area contributed by atoms with Crippen LogP contribution in [0, 0.1) is 0 Å². The highest BCUT2D eigenvalue weighted by atomic mass is 31.2. The molecule has 2 aromatic carbocycles. The van der Waals surface area contributed by atoms with E-state index >= 15 is 0 Å². The fourth-order valence-corrected chi connectivity index (χ4v) is 5.78. The lowest BCUT2D eigenvalue weighted by Crippen LogP contribution is -2.47. The van der Waals surface area contributed by atoms with E-state index in [1.54, 1.807) is 0 Å². The lowest BCUT2D eigenvalue weighted by atomic mass is 10.0. The normalized spacial score (nSPS) is 23.9. The Balaban J connectivity index is 1.90. The van der Waals surface area contributed by atoms with Crippen molar-refractivity contribution in [1.29, 1.82) is 0 Å². The first-order valence-electron chi connectivity index (χ1n) is 7.46. The van der Waals surface area contributed by atoms with Crippen LogP contribution in [-0.4, -0.2) is 19.9 Å². The molecule has 2 aliphatic heterocycles. The van der Waals surface area contributed by atoms with E-state index in [4.69, 9.17) is 0 Å². The van der Waals surface area contributed by atoms with Crippen LogP contribution < -0.4 is 14.9 Å². The molecule has 0 saturated carbocycles. The van der Waals surface area contributed by atoms with Crippen molar-refractivity contribution in [3.63, 3.8) is 0 Å². The molecule has 0 aromatic heterocycles. The van der Waals surface area contributed by atoms with Gasteiger partial charge in [0.2, 0.25) is 7.29 Å². The summed E-state index contributed by atoms with van der Waals surface area (Å²) in [5, 5.41) is 1.02. The highest BCUT2D eigenvalue weighted by molar-refractivity contribution is 7.72. The molecule has 0 bridgehead atoms. The van der Waals surface area contributed by atoms with Gasteiger partial charge in [-0.05, 0) is 36.6 Å². The number of rotatable bonds is 1.